The molecule has 4 heteroatoms. The van der Waals surface area contributed by atoms with Gasteiger partial charge in [-0.1, -0.05) is 23.7 Å². The smallest absolute Gasteiger partial charge is 0.338 e. The zero-order valence-corrected chi connectivity index (χ0v) is 10.7. The Labute approximate surface area is 116 Å². The lowest BCUT2D eigenvalue weighted by Gasteiger charge is -2.05. The van der Waals surface area contributed by atoms with Crippen LogP contribution in [-0.4, -0.2) is 5.97 Å². The first kappa shape index (κ1) is 13.1. The van der Waals surface area contributed by atoms with E-state index >= 15 is 0 Å². The minimum Gasteiger partial charge on any atom is -0.457 e. The van der Waals surface area contributed by atoms with E-state index in [1.807, 2.05) is 12.1 Å². The number of hydrogen-bond donors (Lipinski definition) is 0. The molecule has 94 valence electrons. The zero-order chi connectivity index (χ0) is 13.7. The van der Waals surface area contributed by atoms with E-state index in [0.717, 1.165) is 5.56 Å². The summed E-state index contributed by atoms with van der Waals surface area (Å²) in [4.78, 5) is 11.8. The van der Waals surface area contributed by atoms with Crippen LogP contribution < -0.4 is 0 Å². The van der Waals surface area contributed by atoms with Crippen molar-refractivity contribution in [3.05, 3.63) is 70.2 Å². The lowest BCUT2D eigenvalue weighted by Crippen LogP contribution is -2.05. The van der Waals surface area contributed by atoms with Crippen molar-refractivity contribution < 1.29 is 9.53 Å². The monoisotopic (exact) mass is 271 g/mol. The molecule has 0 heterocycles. The van der Waals surface area contributed by atoms with Crippen LogP contribution in [-0.2, 0) is 11.3 Å². The molecule has 0 aliphatic rings. The molecule has 0 aliphatic heterocycles. The summed E-state index contributed by atoms with van der Waals surface area (Å²) in [5, 5.41) is 9.27. The highest BCUT2D eigenvalue weighted by molar-refractivity contribution is 6.30. The third kappa shape index (κ3) is 3.57. The maximum absolute atomic E-state index is 11.8. The van der Waals surface area contributed by atoms with Crippen molar-refractivity contribution in [2.24, 2.45) is 0 Å². The summed E-state index contributed by atoms with van der Waals surface area (Å²) in [5.74, 6) is -0.426. The Morgan fingerprint density at radius 3 is 2.58 bits per heavy atom. The molecule has 0 amide bonds. The molecule has 0 radical (unpaired) electrons. The van der Waals surface area contributed by atoms with E-state index in [1.54, 1.807) is 42.5 Å². The Morgan fingerprint density at radius 2 is 1.95 bits per heavy atom. The molecule has 0 aliphatic carbocycles. The molecule has 0 saturated carbocycles. The first-order chi connectivity index (χ1) is 9.19. The lowest BCUT2D eigenvalue weighted by atomic mass is 10.1. The number of esters is 1. The fourth-order valence-electron chi connectivity index (χ4n) is 1.54. The van der Waals surface area contributed by atoms with E-state index in [1.165, 1.54) is 0 Å². The first-order valence-electron chi connectivity index (χ1n) is 5.61. The number of halogens is 1. The Bertz CT molecular complexity index is 629. The largest absolute Gasteiger partial charge is 0.457 e. The molecule has 0 N–H and O–H groups in total. The van der Waals surface area contributed by atoms with E-state index in [-0.39, 0.29) is 6.61 Å². The van der Waals surface area contributed by atoms with Gasteiger partial charge in [0.15, 0.2) is 0 Å². The van der Waals surface area contributed by atoms with Gasteiger partial charge in [0.25, 0.3) is 0 Å². The maximum atomic E-state index is 11.8. The zero-order valence-electron chi connectivity index (χ0n) is 9.97. The molecule has 2 rings (SSSR count). The van der Waals surface area contributed by atoms with Gasteiger partial charge >= 0.3 is 5.97 Å². The van der Waals surface area contributed by atoms with Crippen molar-refractivity contribution in [3.63, 3.8) is 0 Å². The third-order valence-electron chi connectivity index (χ3n) is 2.51. The number of ether oxygens (including phenoxy) is 1. The minimum absolute atomic E-state index is 0.166. The minimum atomic E-state index is -0.426. The summed E-state index contributed by atoms with van der Waals surface area (Å²) in [6.07, 6.45) is 0. The number of nitriles is 1. The molecule has 0 fully saturated rings. The number of carbonyl (C=O) groups is 1. The van der Waals surface area contributed by atoms with Crippen LogP contribution in [0.5, 0.6) is 0 Å². The molecule has 0 atom stereocenters. The van der Waals surface area contributed by atoms with E-state index in [9.17, 15) is 4.79 Å². The van der Waals surface area contributed by atoms with Crippen LogP contribution in [0.3, 0.4) is 0 Å². The van der Waals surface area contributed by atoms with Gasteiger partial charge in [0.2, 0.25) is 0 Å². The Hall–Kier alpha value is -2.31. The van der Waals surface area contributed by atoms with Gasteiger partial charge in [-0.15, -0.1) is 0 Å². The second-order valence-electron chi connectivity index (χ2n) is 3.90. The van der Waals surface area contributed by atoms with E-state index < -0.39 is 5.97 Å². The van der Waals surface area contributed by atoms with Gasteiger partial charge in [0, 0.05) is 5.02 Å². The number of nitrogens with zero attached hydrogens (tertiary/aromatic N) is 1. The molecule has 0 unspecified atom stereocenters. The van der Waals surface area contributed by atoms with E-state index in [0.29, 0.717) is 16.1 Å². The summed E-state index contributed by atoms with van der Waals surface area (Å²) in [6, 6.07) is 15.4. The van der Waals surface area contributed by atoms with Crippen LogP contribution in [0, 0.1) is 11.3 Å². The topological polar surface area (TPSA) is 50.1 Å². The van der Waals surface area contributed by atoms with Crippen molar-refractivity contribution >= 4 is 17.6 Å². The molecule has 0 bridgehead atoms. The van der Waals surface area contributed by atoms with Crippen LogP contribution in [0.15, 0.2) is 48.5 Å². The van der Waals surface area contributed by atoms with Gasteiger partial charge in [0.1, 0.15) is 6.61 Å². The molecule has 2 aromatic rings. The highest BCUT2D eigenvalue weighted by Crippen LogP contribution is 2.12. The molecule has 0 saturated heterocycles. The van der Waals surface area contributed by atoms with Crippen LogP contribution in [0.25, 0.3) is 0 Å². The maximum Gasteiger partial charge on any atom is 0.338 e. The van der Waals surface area contributed by atoms with Gasteiger partial charge in [-0.2, -0.15) is 5.26 Å². The van der Waals surface area contributed by atoms with Crippen molar-refractivity contribution in [3.8, 4) is 6.07 Å². The van der Waals surface area contributed by atoms with Crippen LogP contribution in [0.1, 0.15) is 21.5 Å². The fraction of sp³-hybridized carbons (Fsp3) is 0.0667. The quantitative estimate of drug-likeness (QED) is 0.802. The van der Waals surface area contributed by atoms with Crippen molar-refractivity contribution in [2.75, 3.05) is 0 Å². The van der Waals surface area contributed by atoms with Crippen LogP contribution in [0.2, 0.25) is 5.02 Å². The SMILES string of the molecule is N#Cc1ccc(C(=O)OCc2cccc(Cl)c2)cc1. The highest BCUT2D eigenvalue weighted by Gasteiger charge is 2.07. The summed E-state index contributed by atoms with van der Waals surface area (Å²) < 4.78 is 5.16. The molecule has 19 heavy (non-hydrogen) atoms. The Kier molecular flexibility index (Phi) is 4.17. The summed E-state index contributed by atoms with van der Waals surface area (Å²) in [6.45, 7) is 0.166. The Morgan fingerprint density at radius 1 is 1.21 bits per heavy atom. The summed E-state index contributed by atoms with van der Waals surface area (Å²) in [7, 11) is 0. The van der Waals surface area contributed by atoms with Crippen molar-refractivity contribution in [1.82, 2.24) is 0 Å². The number of rotatable bonds is 3. The van der Waals surface area contributed by atoms with Gasteiger partial charge in [-0.3, -0.25) is 0 Å². The normalized spacial score (nSPS) is 9.68. The molecular weight excluding hydrogens is 262 g/mol. The lowest BCUT2D eigenvalue weighted by molar-refractivity contribution is 0.0472. The average Bonchev–Trinajstić information content (AvgIpc) is 2.45. The Balaban J connectivity index is 1.99. The van der Waals surface area contributed by atoms with Crippen LogP contribution >= 0.6 is 11.6 Å². The van der Waals surface area contributed by atoms with Gasteiger partial charge < -0.3 is 4.74 Å². The first-order valence-corrected chi connectivity index (χ1v) is 5.98. The number of hydrogen-bond acceptors (Lipinski definition) is 3. The third-order valence-corrected chi connectivity index (χ3v) is 2.74. The average molecular weight is 272 g/mol. The predicted octanol–water partition coefficient (Wildman–Crippen LogP) is 3.57. The summed E-state index contributed by atoms with van der Waals surface area (Å²) in [5.41, 5.74) is 1.75. The van der Waals surface area contributed by atoms with E-state index in [4.69, 9.17) is 21.6 Å². The van der Waals surface area contributed by atoms with Gasteiger partial charge in [0.05, 0.1) is 17.2 Å². The number of carbonyl (C=O) groups excluding carboxylic acids is 1. The van der Waals surface area contributed by atoms with Gasteiger partial charge in [-0.25, -0.2) is 4.79 Å². The van der Waals surface area contributed by atoms with Crippen LogP contribution in [0.4, 0.5) is 0 Å². The highest BCUT2D eigenvalue weighted by atomic mass is 35.5. The van der Waals surface area contributed by atoms with Crippen molar-refractivity contribution in [2.45, 2.75) is 6.61 Å². The second kappa shape index (κ2) is 6.03. The summed E-state index contributed by atoms with van der Waals surface area (Å²) >= 11 is 5.84. The molecule has 2 aromatic carbocycles. The second-order valence-corrected chi connectivity index (χ2v) is 4.33. The predicted molar refractivity (Wildman–Crippen MR) is 71.7 cm³/mol. The number of benzene rings is 2. The standard InChI is InChI=1S/C15H10ClNO2/c16-14-3-1-2-12(8-14)10-19-15(18)13-6-4-11(9-17)5-7-13/h1-8H,10H2. The molecular formula is C15H10ClNO2. The molecule has 3 nitrogen and oxygen atoms in total. The van der Waals surface area contributed by atoms with Crippen molar-refractivity contribution in [1.29, 1.82) is 5.26 Å². The van der Waals surface area contributed by atoms with Gasteiger partial charge in [-0.05, 0) is 42.0 Å². The molecule has 0 aromatic heterocycles. The van der Waals surface area contributed by atoms with E-state index in [2.05, 4.69) is 0 Å². The fourth-order valence-corrected chi connectivity index (χ4v) is 1.75. The molecule has 0 spiro atoms.